The van der Waals surface area contributed by atoms with E-state index in [1.807, 2.05) is 6.08 Å². The van der Waals surface area contributed by atoms with E-state index in [4.69, 9.17) is 4.74 Å². The van der Waals surface area contributed by atoms with Gasteiger partial charge in [0.25, 0.3) is 0 Å². The zero-order valence-electron chi connectivity index (χ0n) is 36.0. The molecule has 0 bridgehead atoms. The van der Waals surface area contributed by atoms with E-state index in [1.165, 1.54) is 161 Å². The molecule has 0 aromatic carbocycles. The lowest BCUT2D eigenvalue weighted by molar-refractivity contribution is -0.143. The third kappa shape index (κ3) is 40.0. The van der Waals surface area contributed by atoms with E-state index in [0.29, 0.717) is 19.4 Å². The monoisotopic (exact) mass is 762 g/mol. The van der Waals surface area contributed by atoms with Gasteiger partial charge in [-0.05, 0) is 57.8 Å². The van der Waals surface area contributed by atoms with Crippen LogP contribution in [0.2, 0.25) is 0 Å². The Balaban J connectivity index is 3.53. The highest BCUT2D eigenvalue weighted by atomic mass is 16.5. The van der Waals surface area contributed by atoms with Gasteiger partial charge in [-0.3, -0.25) is 9.59 Å². The highest BCUT2D eigenvalue weighted by Crippen LogP contribution is 2.14. The molecule has 0 radical (unpaired) electrons. The lowest BCUT2D eigenvalue weighted by Crippen LogP contribution is -2.45. The average molecular weight is 762 g/mol. The van der Waals surface area contributed by atoms with Gasteiger partial charge in [0.2, 0.25) is 5.91 Å². The SMILES string of the molecule is CCCCCCCC/C=C\CCCCCCCC(=O)OCCCCCCCCCCCC(=O)NC(CO)C(O)/C=C/CCCCCCCCCCCCC. The van der Waals surface area contributed by atoms with Crippen molar-refractivity contribution in [1.29, 1.82) is 0 Å². The van der Waals surface area contributed by atoms with Gasteiger partial charge in [0.15, 0.2) is 0 Å². The molecule has 0 rings (SSSR count). The lowest BCUT2D eigenvalue weighted by atomic mass is 10.0. The number of allylic oxidation sites excluding steroid dienone is 3. The number of carbonyl (C=O) groups is 2. The summed E-state index contributed by atoms with van der Waals surface area (Å²) < 4.78 is 5.44. The molecule has 0 aliphatic carbocycles. The summed E-state index contributed by atoms with van der Waals surface area (Å²) in [5.41, 5.74) is 0. The van der Waals surface area contributed by atoms with E-state index in [1.54, 1.807) is 6.08 Å². The van der Waals surface area contributed by atoms with Gasteiger partial charge in [0.05, 0.1) is 25.4 Å². The summed E-state index contributed by atoms with van der Waals surface area (Å²) in [4.78, 5) is 24.4. The van der Waals surface area contributed by atoms with Gasteiger partial charge in [-0.1, -0.05) is 199 Å². The van der Waals surface area contributed by atoms with Crippen molar-refractivity contribution in [2.75, 3.05) is 13.2 Å². The number of nitrogens with one attached hydrogen (secondary N) is 1. The number of aliphatic hydroxyl groups is 2. The maximum atomic E-state index is 12.4. The van der Waals surface area contributed by atoms with E-state index < -0.39 is 12.1 Å². The van der Waals surface area contributed by atoms with Gasteiger partial charge in [0, 0.05) is 12.8 Å². The van der Waals surface area contributed by atoms with Crippen molar-refractivity contribution in [1.82, 2.24) is 5.32 Å². The van der Waals surface area contributed by atoms with E-state index in [-0.39, 0.29) is 18.5 Å². The Morgan fingerprint density at radius 3 is 1.31 bits per heavy atom. The Labute approximate surface area is 335 Å². The molecule has 3 N–H and O–H groups in total. The van der Waals surface area contributed by atoms with Crippen LogP contribution in [-0.4, -0.2) is 47.4 Å². The van der Waals surface area contributed by atoms with Crippen LogP contribution in [0.5, 0.6) is 0 Å². The standard InChI is InChI=1S/C48H91NO5/c1-3-5-7-9-11-13-15-17-18-20-22-26-30-34-38-42-48(53)54-43-39-35-31-27-23-25-29-33-37-41-47(52)49-45(44-50)46(51)40-36-32-28-24-21-19-16-14-12-10-8-6-4-2/h17-18,36,40,45-46,50-51H,3-16,19-35,37-39,41-44H2,1-2H3,(H,49,52)/b18-17-,40-36+. The van der Waals surface area contributed by atoms with Crippen molar-refractivity contribution < 1.29 is 24.5 Å². The predicted molar refractivity (Wildman–Crippen MR) is 232 cm³/mol. The Bertz CT molecular complexity index is 843. The fourth-order valence-electron chi connectivity index (χ4n) is 7.04. The summed E-state index contributed by atoms with van der Waals surface area (Å²) in [6.45, 7) is 4.81. The molecule has 0 aromatic rings. The minimum absolute atomic E-state index is 0.0359. The third-order valence-corrected chi connectivity index (χ3v) is 10.7. The summed E-state index contributed by atoms with van der Waals surface area (Å²) in [6.07, 6.45) is 50.2. The first-order chi connectivity index (χ1) is 26.5. The maximum absolute atomic E-state index is 12.4. The van der Waals surface area contributed by atoms with Crippen LogP contribution in [0.1, 0.15) is 245 Å². The molecule has 6 nitrogen and oxygen atoms in total. The van der Waals surface area contributed by atoms with Crippen LogP contribution in [0, 0.1) is 0 Å². The van der Waals surface area contributed by atoms with Gasteiger partial charge in [-0.2, -0.15) is 0 Å². The van der Waals surface area contributed by atoms with Crippen molar-refractivity contribution >= 4 is 11.9 Å². The Morgan fingerprint density at radius 1 is 0.500 bits per heavy atom. The van der Waals surface area contributed by atoms with E-state index in [9.17, 15) is 19.8 Å². The second-order valence-corrected chi connectivity index (χ2v) is 16.1. The first-order valence-electron chi connectivity index (χ1n) is 23.6. The topological polar surface area (TPSA) is 95.9 Å². The van der Waals surface area contributed by atoms with Gasteiger partial charge < -0.3 is 20.3 Å². The van der Waals surface area contributed by atoms with E-state index in [2.05, 4.69) is 31.3 Å². The normalized spacial score (nSPS) is 12.9. The first-order valence-corrected chi connectivity index (χ1v) is 23.6. The molecule has 0 spiro atoms. The quantitative estimate of drug-likeness (QED) is 0.0327. The summed E-state index contributed by atoms with van der Waals surface area (Å²) in [5, 5.41) is 23.0. The number of ether oxygens (including phenoxy) is 1. The van der Waals surface area contributed by atoms with Crippen LogP contribution in [0.15, 0.2) is 24.3 Å². The molecule has 6 heteroatoms. The average Bonchev–Trinajstić information content (AvgIpc) is 3.17. The largest absolute Gasteiger partial charge is 0.466 e. The van der Waals surface area contributed by atoms with Crippen LogP contribution in [0.3, 0.4) is 0 Å². The van der Waals surface area contributed by atoms with Crippen LogP contribution in [0.4, 0.5) is 0 Å². The molecule has 0 heterocycles. The zero-order chi connectivity index (χ0) is 39.4. The van der Waals surface area contributed by atoms with Gasteiger partial charge in [-0.25, -0.2) is 0 Å². The van der Waals surface area contributed by atoms with Gasteiger partial charge in [0.1, 0.15) is 0 Å². The minimum atomic E-state index is -0.860. The van der Waals surface area contributed by atoms with Gasteiger partial charge in [-0.15, -0.1) is 0 Å². The van der Waals surface area contributed by atoms with Gasteiger partial charge >= 0.3 is 5.97 Å². The second-order valence-electron chi connectivity index (χ2n) is 16.1. The van der Waals surface area contributed by atoms with Crippen LogP contribution in [-0.2, 0) is 14.3 Å². The smallest absolute Gasteiger partial charge is 0.305 e. The predicted octanol–water partition coefficient (Wildman–Crippen LogP) is 13.6. The van der Waals surface area contributed by atoms with Crippen molar-refractivity contribution in [2.24, 2.45) is 0 Å². The molecular formula is C48H91NO5. The highest BCUT2D eigenvalue weighted by molar-refractivity contribution is 5.76. The number of hydrogen-bond acceptors (Lipinski definition) is 5. The molecule has 318 valence electrons. The van der Waals surface area contributed by atoms with E-state index in [0.717, 1.165) is 57.8 Å². The number of amides is 1. The van der Waals surface area contributed by atoms with Crippen LogP contribution in [0.25, 0.3) is 0 Å². The minimum Gasteiger partial charge on any atom is -0.466 e. The molecule has 0 aromatic heterocycles. The Morgan fingerprint density at radius 2 is 0.870 bits per heavy atom. The number of rotatable bonds is 43. The molecule has 0 fully saturated rings. The third-order valence-electron chi connectivity index (χ3n) is 10.7. The van der Waals surface area contributed by atoms with Crippen molar-refractivity contribution in [3.05, 3.63) is 24.3 Å². The number of carbonyl (C=O) groups excluding carboxylic acids is 2. The fourth-order valence-corrected chi connectivity index (χ4v) is 7.04. The molecule has 1 amide bonds. The molecule has 0 saturated carbocycles. The Kier molecular flexibility index (Phi) is 42.7. The summed E-state index contributed by atoms with van der Waals surface area (Å²) in [5.74, 6) is -0.133. The molecule has 54 heavy (non-hydrogen) atoms. The van der Waals surface area contributed by atoms with Crippen LogP contribution >= 0.6 is 0 Å². The maximum Gasteiger partial charge on any atom is 0.305 e. The first kappa shape index (κ1) is 52.3. The van der Waals surface area contributed by atoms with Crippen molar-refractivity contribution in [3.63, 3.8) is 0 Å². The summed E-state index contributed by atoms with van der Waals surface area (Å²) >= 11 is 0. The van der Waals surface area contributed by atoms with E-state index >= 15 is 0 Å². The summed E-state index contributed by atoms with van der Waals surface area (Å²) in [7, 11) is 0. The van der Waals surface area contributed by atoms with Crippen molar-refractivity contribution in [3.8, 4) is 0 Å². The number of unbranched alkanes of at least 4 members (excludes halogenated alkanes) is 30. The highest BCUT2D eigenvalue weighted by Gasteiger charge is 2.18. The molecule has 0 aliphatic rings. The zero-order valence-corrected chi connectivity index (χ0v) is 36.0. The number of aliphatic hydroxyl groups excluding tert-OH is 2. The molecule has 2 atom stereocenters. The Hall–Kier alpha value is -1.66. The number of esters is 1. The molecule has 0 aliphatic heterocycles. The lowest BCUT2D eigenvalue weighted by Gasteiger charge is -2.20. The number of hydrogen-bond donors (Lipinski definition) is 3. The molecule has 2 unspecified atom stereocenters. The van der Waals surface area contributed by atoms with Crippen molar-refractivity contribution in [2.45, 2.75) is 257 Å². The second kappa shape index (κ2) is 44.1. The molecular weight excluding hydrogens is 671 g/mol. The summed E-state index contributed by atoms with van der Waals surface area (Å²) in [6, 6.07) is -0.647. The fraction of sp³-hybridized carbons (Fsp3) is 0.875. The molecule has 0 saturated heterocycles. The van der Waals surface area contributed by atoms with Crippen LogP contribution < -0.4 is 5.32 Å².